The molecule has 2 atom stereocenters. The number of aromatic nitrogens is 5. The number of rotatable bonds is 9. The molecule has 0 amide bonds. The van der Waals surface area contributed by atoms with Crippen LogP contribution in [-0.4, -0.2) is 67.8 Å². The Morgan fingerprint density at radius 2 is 1.52 bits per heavy atom. The minimum absolute atomic E-state index is 0.163. The van der Waals surface area contributed by atoms with Gasteiger partial charge in [0.2, 0.25) is 0 Å². The van der Waals surface area contributed by atoms with E-state index in [0.29, 0.717) is 48.4 Å². The first-order chi connectivity index (χ1) is 22.8. The molecule has 4 heterocycles. The molecule has 0 saturated carbocycles. The van der Waals surface area contributed by atoms with Crippen LogP contribution in [0.1, 0.15) is 22.2 Å². The molecule has 9 nitrogen and oxygen atoms in total. The van der Waals surface area contributed by atoms with E-state index in [1.807, 2.05) is 17.0 Å². The number of hydrogen-bond acceptors (Lipinski definition) is 9. The van der Waals surface area contributed by atoms with Gasteiger partial charge in [0.1, 0.15) is 23.7 Å². The molecular weight excluding hydrogens is 667 g/mol. The molecule has 0 spiro atoms. The molecule has 17 heteroatoms. The second-order valence-electron chi connectivity index (χ2n) is 11.1. The van der Waals surface area contributed by atoms with Gasteiger partial charge in [-0.05, 0) is 58.5 Å². The van der Waals surface area contributed by atoms with E-state index in [4.69, 9.17) is 0 Å². The minimum atomic E-state index is -4.73. The van der Waals surface area contributed by atoms with Crippen molar-refractivity contribution in [3.05, 3.63) is 107 Å². The van der Waals surface area contributed by atoms with Gasteiger partial charge >= 0.3 is 12.1 Å². The third kappa shape index (κ3) is 6.44. The van der Waals surface area contributed by atoms with Crippen molar-refractivity contribution in [3.8, 4) is 11.1 Å². The quantitative estimate of drug-likeness (QED) is 0.190. The van der Waals surface area contributed by atoms with Crippen molar-refractivity contribution in [2.75, 3.05) is 36.0 Å². The molecule has 0 bridgehead atoms. The number of halogens is 7. The number of thiophene rings is 1. The van der Waals surface area contributed by atoms with Gasteiger partial charge in [-0.2, -0.15) is 22.0 Å². The van der Waals surface area contributed by atoms with Crippen molar-refractivity contribution in [1.82, 2.24) is 25.2 Å². The average molecular weight is 694 g/mol. The number of hydrogen-bond donors (Lipinski definition) is 2. The number of aliphatic hydroxyl groups is 2. The summed E-state index contributed by atoms with van der Waals surface area (Å²) in [5.41, 5.74) is -2.97. The smallest absolute Gasteiger partial charge is 0.379 e. The molecule has 1 aliphatic rings. The van der Waals surface area contributed by atoms with E-state index in [-0.39, 0.29) is 4.88 Å². The monoisotopic (exact) mass is 693 g/mol. The van der Waals surface area contributed by atoms with Gasteiger partial charge in [0.25, 0.3) is 0 Å². The number of tetrazole rings is 1. The van der Waals surface area contributed by atoms with Crippen LogP contribution in [0.15, 0.2) is 79.3 Å². The van der Waals surface area contributed by atoms with Crippen LogP contribution in [0, 0.1) is 11.6 Å². The lowest BCUT2D eigenvalue weighted by Gasteiger charge is -2.36. The van der Waals surface area contributed by atoms with Crippen molar-refractivity contribution in [3.63, 3.8) is 0 Å². The van der Waals surface area contributed by atoms with Gasteiger partial charge in [0.15, 0.2) is 11.7 Å². The topological polar surface area (TPSA) is 103 Å². The number of nitrogens with zero attached hydrogens (tertiary/aromatic N) is 7. The second kappa shape index (κ2) is 12.8. The zero-order valence-corrected chi connectivity index (χ0v) is 25.5. The first-order valence-corrected chi connectivity index (χ1v) is 15.3. The first kappa shape index (κ1) is 33.3. The molecular formula is C31H26F7N7O2S. The molecule has 2 aromatic carbocycles. The van der Waals surface area contributed by atoms with Crippen molar-refractivity contribution in [2.45, 2.75) is 30.3 Å². The maximum atomic E-state index is 16.1. The highest BCUT2D eigenvalue weighted by molar-refractivity contribution is 7.16. The number of benzene rings is 2. The molecule has 1 saturated heterocycles. The number of aliphatic hydroxyl groups excluding tert-OH is 1. The van der Waals surface area contributed by atoms with E-state index >= 15 is 8.78 Å². The summed E-state index contributed by atoms with van der Waals surface area (Å²) in [4.78, 5) is 7.80. The summed E-state index contributed by atoms with van der Waals surface area (Å²) in [6.07, 6.45) is -5.09. The van der Waals surface area contributed by atoms with Crippen LogP contribution in [0.25, 0.3) is 11.1 Å². The molecule has 0 radical (unpaired) electrons. The molecule has 1 fully saturated rings. The third-order valence-electron chi connectivity index (χ3n) is 8.11. The van der Waals surface area contributed by atoms with E-state index in [0.717, 1.165) is 46.2 Å². The van der Waals surface area contributed by atoms with Gasteiger partial charge in [0, 0.05) is 60.1 Å². The third-order valence-corrected chi connectivity index (χ3v) is 9.31. The van der Waals surface area contributed by atoms with E-state index in [1.165, 1.54) is 18.3 Å². The normalized spacial score (nSPS) is 16.2. The maximum absolute atomic E-state index is 16.1. The van der Waals surface area contributed by atoms with Crippen molar-refractivity contribution < 1.29 is 40.9 Å². The van der Waals surface area contributed by atoms with Gasteiger partial charge in [-0.15, -0.1) is 16.4 Å². The molecule has 2 unspecified atom stereocenters. The Balaban J connectivity index is 1.15. The van der Waals surface area contributed by atoms with Crippen LogP contribution in [0.3, 0.4) is 0 Å². The van der Waals surface area contributed by atoms with Gasteiger partial charge < -0.3 is 20.0 Å². The van der Waals surface area contributed by atoms with Crippen LogP contribution in [0.5, 0.6) is 0 Å². The fraction of sp³-hybridized carbons (Fsp3) is 0.290. The summed E-state index contributed by atoms with van der Waals surface area (Å²) in [5.74, 6) is -6.59. The standard InChI is InChI=1S/C31H26F7N7O2S/c32-21-4-7-23(24(33)15-21)29(47,17-45-18-40-41-42-45)30(34,35)26-9-3-20(16-39-26)19-1-5-22(6-2-19)43-11-13-44(14-12-43)27-10-8-25(48-27)28(46)31(36,37)38/h1-10,15-16,18,28,46-47H,11-14,17H2. The number of pyridine rings is 1. The SMILES string of the molecule is OC(c1ccc(N2CCN(c3ccc(-c4ccc(C(F)(F)C(O)(Cn5cnnn5)c5ccc(F)cc5F)nc4)cc3)CC2)s1)C(F)(F)F. The predicted octanol–water partition coefficient (Wildman–Crippen LogP) is 5.68. The van der Waals surface area contributed by atoms with Gasteiger partial charge in [-0.1, -0.05) is 18.2 Å². The van der Waals surface area contributed by atoms with E-state index < -0.39 is 53.2 Å². The number of piperazine rings is 1. The summed E-state index contributed by atoms with van der Waals surface area (Å²) >= 11 is 0.907. The highest BCUT2D eigenvalue weighted by atomic mass is 32.1. The summed E-state index contributed by atoms with van der Waals surface area (Å²) in [5, 5.41) is 31.8. The lowest BCUT2D eigenvalue weighted by Crippen LogP contribution is -2.48. The number of anilines is 2. The van der Waals surface area contributed by atoms with Gasteiger partial charge in [0.05, 0.1) is 11.5 Å². The lowest BCUT2D eigenvalue weighted by atomic mass is 9.84. The Morgan fingerprint density at radius 1 is 0.833 bits per heavy atom. The summed E-state index contributed by atoms with van der Waals surface area (Å²) in [6.45, 7) is 1.30. The lowest BCUT2D eigenvalue weighted by molar-refractivity contribution is -0.207. The van der Waals surface area contributed by atoms with Gasteiger partial charge in [-0.3, -0.25) is 4.98 Å². The largest absolute Gasteiger partial charge is 0.419 e. The van der Waals surface area contributed by atoms with E-state index in [1.54, 1.807) is 18.2 Å². The fourth-order valence-corrected chi connectivity index (χ4v) is 6.57. The van der Waals surface area contributed by atoms with Crippen LogP contribution in [0.4, 0.5) is 41.4 Å². The molecule has 1 aliphatic heterocycles. The average Bonchev–Trinajstić information content (AvgIpc) is 3.77. The van der Waals surface area contributed by atoms with Crippen LogP contribution >= 0.6 is 11.3 Å². The van der Waals surface area contributed by atoms with Crippen LogP contribution < -0.4 is 9.80 Å². The van der Waals surface area contributed by atoms with Crippen molar-refractivity contribution in [1.29, 1.82) is 0 Å². The Labute approximate surface area is 272 Å². The second-order valence-corrected chi connectivity index (χ2v) is 12.2. The minimum Gasteiger partial charge on any atom is -0.379 e. The Bertz CT molecular complexity index is 1850. The molecule has 252 valence electrons. The van der Waals surface area contributed by atoms with Crippen molar-refractivity contribution >= 4 is 22.0 Å². The maximum Gasteiger partial charge on any atom is 0.419 e. The highest BCUT2D eigenvalue weighted by Crippen LogP contribution is 2.47. The van der Waals surface area contributed by atoms with Crippen LogP contribution in [0.2, 0.25) is 0 Å². The Kier molecular flexibility index (Phi) is 8.86. The fourth-order valence-electron chi connectivity index (χ4n) is 5.50. The van der Waals surface area contributed by atoms with Gasteiger partial charge in [-0.25, -0.2) is 13.5 Å². The number of alkyl halides is 5. The van der Waals surface area contributed by atoms with Crippen molar-refractivity contribution in [2.24, 2.45) is 0 Å². The molecule has 2 N–H and O–H groups in total. The molecule has 6 rings (SSSR count). The van der Waals surface area contributed by atoms with E-state index in [2.05, 4.69) is 25.4 Å². The Hall–Kier alpha value is -4.61. The summed E-state index contributed by atoms with van der Waals surface area (Å²) in [7, 11) is 0. The van der Waals surface area contributed by atoms with E-state index in [9.17, 15) is 32.2 Å². The zero-order chi connectivity index (χ0) is 34.3. The molecule has 0 aliphatic carbocycles. The van der Waals surface area contributed by atoms with Crippen LogP contribution in [-0.2, 0) is 18.1 Å². The molecule has 5 aromatic rings. The first-order valence-electron chi connectivity index (χ1n) is 14.4. The summed E-state index contributed by atoms with van der Waals surface area (Å²) < 4.78 is 99.9. The highest BCUT2D eigenvalue weighted by Gasteiger charge is 2.58. The predicted molar refractivity (Wildman–Crippen MR) is 161 cm³/mol. The molecule has 48 heavy (non-hydrogen) atoms. The Morgan fingerprint density at radius 3 is 2.12 bits per heavy atom. The summed E-state index contributed by atoms with van der Waals surface area (Å²) in [6, 6.07) is 14.4. The zero-order valence-electron chi connectivity index (χ0n) is 24.7. The molecule has 3 aromatic heterocycles.